The van der Waals surface area contributed by atoms with Crippen LogP contribution in [0, 0.1) is 0 Å². The van der Waals surface area contributed by atoms with Crippen LogP contribution in [0.25, 0.3) is 0 Å². The van der Waals surface area contributed by atoms with Crippen molar-refractivity contribution in [1.82, 2.24) is 4.31 Å². The zero-order valence-corrected chi connectivity index (χ0v) is 14.0. The first-order valence-corrected chi connectivity index (χ1v) is 8.84. The number of hydrogen-bond acceptors (Lipinski definition) is 6. The van der Waals surface area contributed by atoms with Crippen molar-refractivity contribution in [3.63, 3.8) is 0 Å². The van der Waals surface area contributed by atoms with Crippen LogP contribution in [0.2, 0.25) is 0 Å². The highest BCUT2D eigenvalue weighted by Gasteiger charge is 2.37. The molecular weight excluding hydrogens is 338 g/mol. The van der Waals surface area contributed by atoms with Gasteiger partial charge in [0.1, 0.15) is 11.8 Å². The summed E-state index contributed by atoms with van der Waals surface area (Å²) in [5.41, 5.74) is 0. The van der Waals surface area contributed by atoms with E-state index in [4.69, 9.17) is 4.74 Å². The summed E-state index contributed by atoms with van der Waals surface area (Å²) in [6, 6.07) is 4.44. The number of carbonyl (C=O) groups excluding carboxylic acids is 1. The molecule has 24 heavy (non-hydrogen) atoms. The molecule has 0 spiro atoms. The average Bonchev–Trinajstić information content (AvgIpc) is 2.59. The molecule has 1 heterocycles. The number of carboxylic acids is 1. The topological polar surface area (TPSA) is 110 Å². The van der Waals surface area contributed by atoms with Crippen molar-refractivity contribution >= 4 is 22.0 Å². The molecule has 1 aromatic carbocycles. The van der Waals surface area contributed by atoms with Gasteiger partial charge in [-0.1, -0.05) is 0 Å². The number of carboxylic acid groups (broad SMARTS) is 1. The first-order chi connectivity index (χ1) is 11.4. The van der Waals surface area contributed by atoms with E-state index < -0.39 is 28.0 Å². The van der Waals surface area contributed by atoms with E-state index >= 15 is 0 Å². The number of ether oxygens (including phenoxy) is 2. The second kappa shape index (κ2) is 7.63. The smallest absolute Gasteiger partial charge is 0.343 e. The number of carbonyl (C=O) groups is 2. The van der Waals surface area contributed by atoms with E-state index in [1.165, 1.54) is 31.4 Å². The van der Waals surface area contributed by atoms with E-state index in [0.717, 1.165) is 4.31 Å². The summed E-state index contributed by atoms with van der Waals surface area (Å²) in [5, 5.41) is 9.24. The van der Waals surface area contributed by atoms with Gasteiger partial charge in [-0.25, -0.2) is 13.2 Å². The summed E-state index contributed by atoms with van der Waals surface area (Å²) >= 11 is 0. The van der Waals surface area contributed by atoms with E-state index in [1.54, 1.807) is 0 Å². The van der Waals surface area contributed by atoms with E-state index in [2.05, 4.69) is 4.74 Å². The van der Waals surface area contributed by atoms with Gasteiger partial charge < -0.3 is 14.6 Å². The lowest BCUT2D eigenvalue weighted by Gasteiger charge is -2.31. The van der Waals surface area contributed by atoms with Crippen molar-refractivity contribution in [2.45, 2.75) is 30.2 Å². The Morgan fingerprint density at radius 1 is 1.25 bits per heavy atom. The second-order valence-corrected chi connectivity index (χ2v) is 7.19. The van der Waals surface area contributed by atoms with Gasteiger partial charge in [0.15, 0.2) is 6.61 Å². The monoisotopic (exact) mass is 357 g/mol. The van der Waals surface area contributed by atoms with Gasteiger partial charge in [-0.2, -0.15) is 4.31 Å². The minimum atomic E-state index is -3.90. The highest BCUT2D eigenvalue weighted by molar-refractivity contribution is 7.89. The van der Waals surface area contributed by atoms with Crippen LogP contribution in [-0.4, -0.2) is 56.1 Å². The van der Waals surface area contributed by atoms with Crippen molar-refractivity contribution in [2.24, 2.45) is 0 Å². The van der Waals surface area contributed by atoms with Crippen molar-refractivity contribution in [3.8, 4) is 5.75 Å². The minimum absolute atomic E-state index is 0.0129. The highest BCUT2D eigenvalue weighted by Crippen LogP contribution is 2.26. The number of rotatable bonds is 6. The lowest BCUT2D eigenvalue weighted by molar-refractivity contribution is -0.143. The number of hydrogen-bond donors (Lipinski definition) is 1. The molecule has 1 unspecified atom stereocenters. The highest BCUT2D eigenvalue weighted by atomic mass is 32.2. The van der Waals surface area contributed by atoms with Crippen LogP contribution in [0.5, 0.6) is 5.75 Å². The van der Waals surface area contributed by atoms with Crippen molar-refractivity contribution in [2.75, 3.05) is 20.3 Å². The second-order valence-electron chi connectivity index (χ2n) is 5.30. The van der Waals surface area contributed by atoms with Crippen LogP contribution in [0.4, 0.5) is 0 Å². The average molecular weight is 357 g/mol. The molecule has 0 saturated carbocycles. The first-order valence-electron chi connectivity index (χ1n) is 7.40. The van der Waals surface area contributed by atoms with E-state index in [0.29, 0.717) is 25.0 Å². The summed E-state index contributed by atoms with van der Waals surface area (Å²) in [6.45, 7) is -0.101. The van der Waals surface area contributed by atoms with Gasteiger partial charge in [0.05, 0.1) is 12.0 Å². The van der Waals surface area contributed by atoms with Gasteiger partial charge in [-0.05, 0) is 43.5 Å². The molecule has 0 amide bonds. The maximum Gasteiger partial charge on any atom is 0.343 e. The van der Waals surface area contributed by atoms with Gasteiger partial charge in [0.2, 0.25) is 10.0 Å². The molecule has 0 radical (unpaired) electrons. The largest absolute Gasteiger partial charge is 0.482 e. The van der Waals surface area contributed by atoms with E-state index in [9.17, 15) is 23.1 Å². The van der Waals surface area contributed by atoms with Crippen LogP contribution in [-0.2, 0) is 24.3 Å². The van der Waals surface area contributed by atoms with E-state index in [1.807, 2.05) is 0 Å². The molecule has 1 aliphatic heterocycles. The standard InChI is InChI=1S/C15H19NO7S/c1-22-14(17)10-23-11-5-7-12(8-6-11)24(20,21)16-9-3-2-4-13(16)15(18)19/h5-8,13H,2-4,9-10H2,1H3,(H,18,19). The van der Waals surface area contributed by atoms with Crippen LogP contribution in [0.15, 0.2) is 29.2 Å². The van der Waals surface area contributed by atoms with Crippen molar-refractivity contribution < 1.29 is 32.6 Å². The summed E-state index contributed by atoms with van der Waals surface area (Å²) in [7, 11) is -2.67. The third-order valence-electron chi connectivity index (χ3n) is 3.75. The fraction of sp³-hybridized carbons (Fsp3) is 0.467. The Labute approximate surface area is 140 Å². The molecule has 0 aromatic heterocycles. The predicted molar refractivity (Wildman–Crippen MR) is 83.1 cm³/mol. The fourth-order valence-corrected chi connectivity index (χ4v) is 4.13. The molecule has 9 heteroatoms. The van der Waals surface area contributed by atoms with Crippen LogP contribution < -0.4 is 4.74 Å². The Balaban J connectivity index is 2.16. The Morgan fingerprint density at radius 3 is 2.50 bits per heavy atom. The first kappa shape index (κ1) is 18.2. The molecule has 1 fully saturated rings. The summed E-state index contributed by atoms with van der Waals surface area (Å²) in [5.74, 6) is -1.38. The maximum absolute atomic E-state index is 12.7. The molecule has 0 bridgehead atoms. The predicted octanol–water partition coefficient (Wildman–Crippen LogP) is 0.866. The number of esters is 1. The van der Waals surface area contributed by atoms with Crippen molar-refractivity contribution in [3.05, 3.63) is 24.3 Å². The number of piperidine rings is 1. The normalized spacial score (nSPS) is 18.8. The lowest BCUT2D eigenvalue weighted by atomic mass is 10.1. The third kappa shape index (κ3) is 4.04. The molecule has 0 aliphatic carbocycles. The number of methoxy groups -OCH3 is 1. The molecular formula is C15H19NO7S. The number of nitrogens with zero attached hydrogens (tertiary/aromatic N) is 1. The van der Waals surface area contributed by atoms with E-state index in [-0.39, 0.29) is 18.0 Å². The summed E-state index contributed by atoms with van der Waals surface area (Å²) in [4.78, 5) is 22.3. The third-order valence-corrected chi connectivity index (χ3v) is 5.68. The molecule has 1 saturated heterocycles. The molecule has 2 rings (SSSR count). The zero-order valence-electron chi connectivity index (χ0n) is 13.2. The lowest BCUT2D eigenvalue weighted by Crippen LogP contribution is -2.47. The summed E-state index contributed by atoms with van der Waals surface area (Å²) < 4.78 is 36.0. The number of sulfonamides is 1. The van der Waals surface area contributed by atoms with Gasteiger partial charge in [0.25, 0.3) is 0 Å². The van der Waals surface area contributed by atoms with Crippen molar-refractivity contribution in [1.29, 1.82) is 0 Å². The quantitative estimate of drug-likeness (QED) is 0.752. The maximum atomic E-state index is 12.7. The number of benzene rings is 1. The van der Waals surface area contributed by atoms with Gasteiger partial charge in [-0.3, -0.25) is 4.79 Å². The molecule has 1 atom stereocenters. The van der Waals surface area contributed by atoms with Crippen LogP contribution in [0.1, 0.15) is 19.3 Å². The Morgan fingerprint density at radius 2 is 1.92 bits per heavy atom. The molecule has 1 aliphatic rings. The van der Waals surface area contributed by atoms with Crippen LogP contribution in [0.3, 0.4) is 0 Å². The Hall–Kier alpha value is -2.13. The molecule has 1 aromatic rings. The molecule has 8 nitrogen and oxygen atoms in total. The van der Waals surface area contributed by atoms with Gasteiger partial charge in [-0.15, -0.1) is 0 Å². The van der Waals surface area contributed by atoms with Gasteiger partial charge in [0, 0.05) is 6.54 Å². The summed E-state index contributed by atoms with van der Waals surface area (Å²) in [6.07, 6.45) is 1.61. The van der Waals surface area contributed by atoms with Crippen LogP contribution >= 0.6 is 0 Å². The Bertz CT molecular complexity index is 699. The molecule has 132 valence electrons. The minimum Gasteiger partial charge on any atom is -0.482 e. The fourth-order valence-electron chi connectivity index (χ4n) is 2.48. The number of aliphatic carboxylic acids is 1. The Kier molecular flexibility index (Phi) is 5.79. The zero-order chi connectivity index (χ0) is 17.7. The molecule has 1 N–H and O–H groups in total. The SMILES string of the molecule is COC(=O)COc1ccc(S(=O)(=O)N2CCCCC2C(=O)O)cc1. The van der Waals surface area contributed by atoms with Gasteiger partial charge >= 0.3 is 11.9 Å².